The Balaban J connectivity index is 1.95. The van der Waals surface area contributed by atoms with Gasteiger partial charge in [0.15, 0.2) is 0 Å². The Bertz CT molecular complexity index is 175. The second-order valence-corrected chi connectivity index (χ2v) is 5.15. The van der Waals surface area contributed by atoms with E-state index < -0.39 is 0 Å². The lowest BCUT2D eigenvalue weighted by molar-refractivity contribution is 0.112. The van der Waals surface area contributed by atoms with Gasteiger partial charge in [0.2, 0.25) is 0 Å². The van der Waals surface area contributed by atoms with Gasteiger partial charge >= 0.3 is 0 Å². The zero-order chi connectivity index (χ0) is 10.5. The summed E-state index contributed by atoms with van der Waals surface area (Å²) >= 11 is 0. The van der Waals surface area contributed by atoms with Crippen LogP contribution in [0.5, 0.6) is 0 Å². The Labute approximate surface area is 94.4 Å². The van der Waals surface area contributed by atoms with Crippen LogP contribution in [0.3, 0.4) is 0 Å². The molecule has 0 aromatic heterocycles. The third-order valence-corrected chi connectivity index (χ3v) is 4.13. The van der Waals surface area contributed by atoms with Crippen LogP contribution < -0.4 is 5.32 Å². The smallest absolute Gasteiger partial charge is 0.0224 e. The molecule has 2 rings (SSSR count). The minimum absolute atomic E-state index is 0.835. The van der Waals surface area contributed by atoms with Crippen molar-refractivity contribution in [3.8, 4) is 0 Å². The first-order valence-electron chi connectivity index (χ1n) is 6.88. The summed E-state index contributed by atoms with van der Waals surface area (Å²) in [6.45, 7) is 6.18. The Morgan fingerprint density at radius 3 is 2.80 bits per heavy atom. The molecule has 0 radical (unpaired) electrons. The first-order valence-corrected chi connectivity index (χ1v) is 6.88. The van der Waals surface area contributed by atoms with Crippen molar-refractivity contribution in [2.75, 3.05) is 19.6 Å². The molecule has 2 fully saturated rings. The molecule has 0 aliphatic carbocycles. The minimum atomic E-state index is 0.835. The predicted molar refractivity (Wildman–Crippen MR) is 65.1 cm³/mol. The molecule has 15 heavy (non-hydrogen) atoms. The van der Waals surface area contributed by atoms with E-state index in [0.717, 1.165) is 12.1 Å². The largest absolute Gasteiger partial charge is 0.315 e. The van der Waals surface area contributed by atoms with E-state index in [1.54, 1.807) is 0 Å². The van der Waals surface area contributed by atoms with Gasteiger partial charge in [0, 0.05) is 18.6 Å². The molecule has 88 valence electrons. The van der Waals surface area contributed by atoms with Crippen LogP contribution in [0.2, 0.25) is 0 Å². The molecule has 2 unspecified atom stereocenters. The summed E-state index contributed by atoms with van der Waals surface area (Å²) in [6, 6.07) is 1.71. The van der Waals surface area contributed by atoms with Crippen molar-refractivity contribution in [2.24, 2.45) is 0 Å². The Kier molecular flexibility index (Phi) is 4.45. The van der Waals surface area contributed by atoms with Crippen molar-refractivity contribution in [1.29, 1.82) is 0 Å². The van der Waals surface area contributed by atoms with Crippen LogP contribution in [0.15, 0.2) is 0 Å². The van der Waals surface area contributed by atoms with E-state index in [4.69, 9.17) is 0 Å². The van der Waals surface area contributed by atoms with Gasteiger partial charge in [0.25, 0.3) is 0 Å². The molecule has 2 saturated heterocycles. The van der Waals surface area contributed by atoms with Crippen molar-refractivity contribution in [2.45, 2.75) is 64.0 Å². The summed E-state index contributed by atoms with van der Waals surface area (Å²) in [6.07, 6.45) is 9.90. The maximum absolute atomic E-state index is 3.56. The quantitative estimate of drug-likeness (QED) is 0.753. The molecular weight excluding hydrogens is 184 g/mol. The topological polar surface area (TPSA) is 15.3 Å². The SMILES string of the molecule is CCC1CCCCCN1C1CCCNC1. The molecule has 2 atom stereocenters. The number of nitrogens with one attached hydrogen (secondary N) is 1. The van der Waals surface area contributed by atoms with E-state index in [1.807, 2.05) is 0 Å². The lowest BCUT2D eigenvalue weighted by Crippen LogP contribution is -2.50. The summed E-state index contributed by atoms with van der Waals surface area (Å²) in [5.41, 5.74) is 0. The predicted octanol–water partition coefficient (Wildman–Crippen LogP) is 2.39. The maximum atomic E-state index is 3.56. The van der Waals surface area contributed by atoms with Gasteiger partial charge in [-0.25, -0.2) is 0 Å². The number of hydrogen-bond acceptors (Lipinski definition) is 2. The van der Waals surface area contributed by atoms with Crippen molar-refractivity contribution >= 4 is 0 Å². The molecule has 1 N–H and O–H groups in total. The molecule has 2 aliphatic rings. The van der Waals surface area contributed by atoms with Crippen LogP contribution in [-0.2, 0) is 0 Å². The average Bonchev–Trinajstić information content (AvgIpc) is 2.55. The minimum Gasteiger partial charge on any atom is -0.315 e. The van der Waals surface area contributed by atoms with Crippen LogP contribution in [0.4, 0.5) is 0 Å². The van der Waals surface area contributed by atoms with Gasteiger partial charge in [-0.1, -0.05) is 19.8 Å². The summed E-state index contributed by atoms with van der Waals surface area (Å²) in [7, 11) is 0. The molecule has 2 aliphatic heterocycles. The molecule has 0 aromatic carbocycles. The molecule has 2 heteroatoms. The van der Waals surface area contributed by atoms with Gasteiger partial charge in [-0.3, -0.25) is 4.90 Å². The van der Waals surface area contributed by atoms with E-state index >= 15 is 0 Å². The second-order valence-electron chi connectivity index (χ2n) is 5.15. The molecule has 0 saturated carbocycles. The van der Waals surface area contributed by atoms with Gasteiger partial charge in [0.1, 0.15) is 0 Å². The molecule has 0 aromatic rings. The normalized spacial score (nSPS) is 35.0. The number of likely N-dealkylation sites (tertiary alicyclic amines) is 1. The van der Waals surface area contributed by atoms with Crippen LogP contribution in [0.25, 0.3) is 0 Å². The zero-order valence-electron chi connectivity index (χ0n) is 10.2. The fourth-order valence-corrected chi connectivity index (χ4v) is 3.24. The Hall–Kier alpha value is -0.0800. The first kappa shape index (κ1) is 11.4. The third-order valence-electron chi connectivity index (χ3n) is 4.13. The van der Waals surface area contributed by atoms with E-state index in [1.165, 1.54) is 64.6 Å². The molecular formula is C13H26N2. The average molecular weight is 210 g/mol. The number of nitrogens with zero attached hydrogens (tertiary/aromatic N) is 1. The van der Waals surface area contributed by atoms with Crippen molar-refractivity contribution in [1.82, 2.24) is 10.2 Å². The molecule has 0 spiro atoms. The van der Waals surface area contributed by atoms with Gasteiger partial charge in [-0.15, -0.1) is 0 Å². The van der Waals surface area contributed by atoms with E-state index in [0.29, 0.717) is 0 Å². The standard InChI is InChI=1S/C13H26N2/c1-2-12-7-4-3-5-10-15(12)13-8-6-9-14-11-13/h12-14H,2-11H2,1H3. The zero-order valence-corrected chi connectivity index (χ0v) is 10.2. The summed E-state index contributed by atoms with van der Waals surface area (Å²) < 4.78 is 0. The van der Waals surface area contributed by atoms with Crippen LogP contribution in [0, 0.1) is 0 Å². The second kappa shape index (κ2) is 5.86. The van der Waals surface area contributed by atoms with Gasteiger partial charge in [-0.05, 0) is 45.2 Å². The molecule has 0 amide bonds. The summed E-state index contributed by atoms with van der Waals surface area (Å²) in [5, 5.41) is 3.56. The fourth-order valence-electron chi connectivity index (χ4n) is 3.24. The van der Waals surface area contributed by atoms with E-state index in [-0.39, 0.29) is 0 Å². The Morgan fingerprint density at radius 2 is 2.07 bits per heavy atom. The lowest BCUT2D eigenvalue weighted by atomic mass is 10.0. The van der Waals surface area contributed by atoms with Crippen LogP contribution in [-0.4, -0.2) is 36.6 Å². The fraction of sp³-hybridized carbons (Fsp3) is 1.00. The van der Waals surface area contributed by atoms with Crippen molar-refractivity contribution in [3.63, 3.8) is 0 Å². The highest BCUT2D eigenvalue weighted by Gasteiger charge is 2.27. The highest BCUT2D eigenvalue weighted by molar-refractivity contribution is 4.84. The van der Waals surface area contributed by atoms with Gasteiger partial charge in [-0.2, -0.15) is 0 Å². The molecule has 0 bridgehead atoms. The lowest BCUT2D eigenvalue weighted by Gasteiger charge is -2.39. The monoisotopic (exact) mass is 210 g/mol. The molecule has 2 heterocycles. The highest BCUT2D eigenvalue weighted by atomic mass is 15.2. The maximum Gasteiger partial charge on any atom is 0.0224 e. The highest BCUT2D eigenvalue weighted by Crippen LogP contribution is 2.23. The number of piperidine rings is 1. The Morgan fingerprint density at radius 1 is 1.13 bits per heavy atom. The van der Waals surface area contributed by atoms with Gasteiger partial charge < -0.3 is 5.32 Å². The number of rotatable bonds is 2. The van der Waals surface area contributed by atoms with Gasteiger partial charge in [0.05, 0.1) is 0 Å². The molecule has 2 nitrogen and oxygen atoms in total. The van der Waals surface area contributed by atoms with E-state index in [2.05, 4.69) is 17.1 Å². The summed E-state index contributed by atoms with van der Waals surface area (Å²) in [5.74, 6) is 0. The van der Waals surface area contributed by atoms with Crippen molar-refractivity contribution < 1.29 is 0 Å². The van der Waals surface area contributed by atoms with E-state index in [9.17, 15) is 0 Å². The van der Waals surface area contributed by atoms with Crippen LogP contribution in [0.1, 0.15) is 51.9 Å². The van der Waals surface area contributed by atoms with Crippen molar-refractivity contribution in [3.05, 3.63) is 0 Å². The number of hydrogen-bond donors (Lipinski definition) is 1. The first-order chi connectivity index (χ1) is 7.42. The summed E-state index contributed by atoms with van der Waals surface area (Å²) in [4.78, 5) is 2.82. The third kappa shape index (κ3) is 2.94. The van der Waals surface area contributed by atoms with Crippen LogP contribution >= 0.6 is 0 Å².